The normalized spacial score (nSPS) is 10.9. The second-order valence-corrected chi connectivity index (χ2v) is 6.63. The number of esters is 1. The molecule has 0 aliphatic rings. The summed E-state index contributed by atoms with van der Waals surface area (Å²) in [5.74, 6) is 0.168. The maximum atomic E-state index is 12.3. The van der Waals surface area contributed by atoms with E-state index in [0.29, 0.717) is 15.7 Å². The third kappa shape index (κ3) is 3.14. The standard InChI is InChI=1S/C18H11ClN2O3S/c19-15-12-8-4-5-9-13(12)25-16(15)18(22)23-10-14-20-17(21-24-14)11-6-2-1-3-7-11/h1-9H,10H2. The molecule has 0 saturated heterocycles. The van der Waals surface area contributed by atoms with Gasteiger partial charge >= 0.3 is 5.97 Å². The summed E-state index contributed by atoms with van der Waals surface area (Å²) < 4.78 is 11.3. The van der Waals surface area contributed by atoms with Crippen LogP contribution >= 0.6 is 22.9 Å². The number of fused-ring (bicyclic) bond motifs is 1. The molecular weight excluding hydrogens is 360 g/mol. The van der Waals surface area contributed by atoms with Crippen molar-refractivity contribution in [2.45, 2.75) is 6.61 Å². The molecule has 4 aromatic rings. The molecule has 0 aliphatic heterocycles. The average molecular weight is 371 g/mol. The van der Waals surface area contributed by atoms with Crippen molar-refractivity contribution in [3.8, 4) is 11.4 Å². The molecule has 0 saturated carbocycles. The third-order valence-corrected chi connectivity index (χ3v) is 5.20. The molecule has 25 heavy (non-hydrogen) atoms. The molecule has 0 N–H and O–H groups in total. The van der Waals surface area contributed by atoms with Crippen LogP contribution < -0.4 is 0 Å². The summed E-state index contributed by atoms with van der Waals surface area (Å²) >= 11 is 7.57. The Hall–Kier alpha value is -2.70. The lowest BCUT2D eigenvalue weighted by Gasteiger charge is -1.99. The number of nitrogens with zero attached hydrogens (tertiary/aromatic N) is 2. The SMILES string of the molecule is O=C(OCc1nc(-c2ccccc2)no1)c1sc2ccccc2c1Cl. The maximum absolute atomic E-state index is 12.3. The van der Waals surface area contributed by atoms with Crippen molar-refractivity contribution in [1.82, 2.24) is 10.1 Å². The van der Waals surface area contributed by atoms with E-state index in [1.807, 2.05) is 54.6 Å². The first-order valence-electron chi connectivity index (χ1n) is 7.44. The van der Waals surface area contributed by atoms with Gasteiger partial charge < -0.3 is 9.26 Å². The van der Waals surface area contributed by atoms with E-state index in [1.54, 1.807) is 0 Å². The molecule has 124 valence electrons. The Morgan fingerprint density at radius 2 is 1.88 bits per heavy atom. The van der Waals surface area contributed by atoms with Crippen LogP contribution in [0.2, 0.25) is 5.02 Å². The molecule has 5 nitrogen and oxygen atoms in total. The van der Waals surface area contributed by atoms with E-state index in [4.69, 9.17) is 20.9 Å². The summed E-state index contributed by atoms with van der Waals surface area (Å²) in [4.78, 5) is 16.9. The van der Waals surface area contributed by atoms with Gasteiger partial charge in [-0.2, -0.15) is 4.98 Å². The van der Waals surface area contributed by atoms with Gasteiger partial charge in [0.05, 0.1) is 5.02 Å². The zero-order valence-electron chi connectivity index (χ0n) is 12.8. The van der Waals surface area contributed by atoms with Crippen LogP contribution in [-0.2, 0) is 11.3 Å². The van der Waals surface area contributed by atoms with Crippen molar-refractivity contribution < 1.29 is 14.1 Å². The molecule has 0 radical (unpaired) electrons. The number of halogens is 1. The summed E-state index contributed by atoms with van der Waals surface area (Å²) in [6.45, 7) is -0.108. The number of hydrogen-bond donors (Lipinski definition) is 0. The molecule has 0 fully saturated rings. The number of carbonyl (C=O) groups is 1. The fourth-order valence-corrected chi connectivity index (χ4v) is 3.76. The number of carbonyl (C=O) groups excluding carboxylic acids is 1. The average Bonchev–Trinajstić information content (AvgIpc) is 3.26. The van der Waals surface area contributed by atoms with Crippen LogP contribution in [0.5, 0.6) is 0 Å². The quantitative estimate of drug-likeness (QED) is 0.475. The molecular formula is C18H11ClN2O3S. The number of benzene rings is 2. The molecule has 2 aromatic carbocycles. The smallest absolute Gasteiger partial charge is 0.350 e. The fourth-order valence-electron chi connectivity index (χ4n) is 2.36. The van der Waals surface area contributed by atoms with Gasteiger partial charge in [-0.05, 0) is 6.07 Å². The van der Waals surface area contributed by atoms with Crippen molar-refractivity contribution in [2.75, 3.05) is 0 Å². The van der Waals surface area contributed by atoms with Crippen LogP contribution in [0.4, 0.5) is 0 Å². The summed E-state index contributed by atoms with van der Waals surface area (Å²) in [6.07, 6.45) is 0. The van der Waals surface area contributed by atoms with Gasteiger partial charge in [0, 0.05) is 15.6 Å². The highest BCUT2D eigenvalue weighted by atomic mass is 35.5. The molecule has 0 unspecified atom stereocenters. The lowest BCUT2D eigenvalue weighted by molar-refractivity contribution is 0.0436. The molecule has 0 bridgehead atoms. The lowest BCUT2D eigenvalue weighted by atomic mass is 10.2. The number of thiophene rings is 1. The minimum Gasteiger partial charge on any atom is -0.451 e. The molecule has 2 aromatic heterocycles. The Morgan fingerprint density at radius 1 is 1.12 bits per heavy atom. The highest BCUT2D eigenvalue weighted by molar-refractivity contribution is 7.21. The number of hydrogen-bond acceptors (Lipinski definition) is 6. The number of aromatic nitrogens is 2. The summed E-state index contributed by atoms with van der Waals surface area (Å²) in [6, 6.07) is 17.0. The fraction of sp³-hybridized carbons (Fsp3) is 0.0556. The van der Waals surface area contributed by atoms with Crippen molar-refractivity contribution in [3.05, 3.63) is 70.4 Å². The summed E-state index contributed by atoms with van der Waals surface area (Å²) in [5, 5.41) is 5.13. The largest absolute Gasteiger partial charge is 0.451 e. The van der Waals surface area contributed by atoms with Gasteiger partial charge in [0.2, 0.25) is 5.82 Å². The van der Waals surface area contributed by atoms with Gasteiger partial charge in [-0.15, -0.1) is 11.3 Å². The van der Waals surface area contributed by atoms with Gasteiger partial charge in [-0.3, -0.25) is 0 Å². The van der Waals surface area contributed by atoms with Crippen molar-refractivity contribution in [1.29, 1.82) is 0 Å². The summed E-state index contributed by atoms with van der Waals surface area (Å²) in [7, 11) is 0. The van der Waals surface area contributed by atoms with Gasteiger partial charge in [0.1, 0.15) is 4.88 Å². The Bertz CT molecular complexity index is 1040. The van der Waals surface area contributed by atoms with E-state index >= 15 is 0 Å². The van der Waals surface area contributed by atoms with Crippen molar-refractivity contribution in [3.63, 3.8) is 0 Å². The predicted molar refractivity (Wildman–Crippen MR) is 95.7 cm³/mol. The predicted octanol–water partition coefficient (Wildman–Crippen LogP) is 4.96. The monoisotopic (exact) mass is 370 g/mol. The minimum atomic E-state index is -0.509. The van der Waals surface area contributed by atoms with Gasteiger partial charge in [-0.25, -0.2) is 4.79 Å². The Labute approximate surface area is 151 Å². The van der Waals surface area contributed by atoms with E-state index in [9.17, 15) is 4.79 Å². The Morgan fingerprint density at radius 3 is 2.68 bits per heavy atom. The third-order valence-electron chi connectivity index (χ3n) is 3.55. The van der Waals surface area contributed by atoms with Crippen molar-refractivity contribution in [2.24, 2.45) is 0 Å². The molecule has 0 aliphatic carbocycles. The van der Waals surface area contributed by atoms with Gasteiger partial charge in [0.15, 0.2) is 6.61 Å². The van der Waals surface area contributed by atoms with E-state index < -0.39 is 5.97 Å². The second kappa shape index (κ2) is 6.66. The highest BCUT2D eigenvalue weighted by Gasteiger charge is 2.19. The van der Waals surface area contributed by atoms with Crippen molar-refractivity contribution >= 4 is 39.0 Å². The lowest BCUT2D eigenvalue weighted by Crippen LogP contribution is -2.04. The van der Waals surface area contributed by atoms with Crippen LogP contribution in [-0.4, -0.2) is 16.1 Å². The van der Waals surface area contributed by atoms with Gasteiger partial charge in [-0.1, -0.05) is 65.3 Å². The van der Waals surface area contributed by atoms with E-state index in [1.165, 1.54) is 11.3 Å². The van der Waals surface area contributed by atoms with Crippen LogP contribution in [0.15, 0.2) is 59.1 Å². The van der Waals surface area contributed by atoms with Crippen LogP contribution in [0.25, 0.3) is 21.5 Å². The molecule has 2 heterocycles. The van der Waals surface area contributed by atoms with Crippen LogP contribution in [0.1, 0.15) is 15.6 Å². The molecule has 7 heteroatoms. The summed E-state index contributed by atoms with van der Waals surface area (Å²) in [5.41, 5.74) is 0.830. The van der Waals surface area contributed by atoms with Crippen LogP contribution in [0.3, 0.4) is 0 Å². The molecule has 0 spiro atoms. The van der Waals surface area contributed by atoms with E-state index in [0.717, 1.165) is 15.6 Å². The topological polar surface area (TPSA) is 65.2 Å². The second-order valence-electron chi connectivity index (χ2n) is 5.20. The first-order chi connectivity index (χ1) is 12.2. The zero-order valence-corrected chi connectivity index (χ0v) is 14.4. The Balaban J connectivity index is 1.48. The minimum absolute atomic E-state index is 0.108. The van der Waals surface area contributed by atoms with Gasteiger partial charge in [0.25, 0.3) is 5.89 Å². The highest BCUT2D eigenvalue weighted by Crippen LogP contribution is 2.35. The van der Waals surface area contributed by atoms with Crippen LogP contribution in [0, 0.1) is 0 Å². The molecule has 0 atom stereocenters. The first-order valence-corrected chi connectivity index (χ1v) is 8.64. The number of rotatable bonds is 4. The molecule has 0 amide bonds. The van der Waals surface area contributed by atoms with E-state index in [2.05, 4.69) is 10.1 Å². The maximum Gasteiger partial charge on any atom is 0.350 e. The molecule has 4 rings (SSSR count). The van der Waals surface area contributed by atoms with E-state index in [-0.39, 0.29) is 12.5 Å². The zero-order chi connectivity index (χ0) is 17.2. The number of ether oxygens (including phenoxy) is 1. The Kier molecular flexibility index (Phi) is 4.21. The first kappa shape index (κ1) is 15.8.